The fourth-order valence-electron chi connectivity index (χ4n) is 1.31. The van der Waals surface area contributed by atoms with Crippen molar-refractivity contribution < 1.29 is 28.4 Å². The van der Waals surface area contributed by atoms with Crippen LogP contribution < -0.4 is 10.6 Å². The second-order valence-electron chi connectivity index (χ2n) is 4.04. The van der Waals surface area contributed by atoms with Crippen molar-refractivity contribution in [3.05, 3.63) is 0 Å². The summed E-state index contributed by atoms with van der Waals surface area (Å²) < 4.78 is 16.5. The highest BCUT2D eigenvalue weighted by molar-refractivity contribution is 7.85. The third kappa shape index (κ3) is 9.45. The highest BCUT2D eigenvalue weighted by Crippen LogP contribution is 1.92. The minimum atomic E-state index is -1.66. The molecule has 0 saturated heterocycles. The van der Waals surface area contributed by atoms with E-state index >= 15 is 0 Å². The minimum Gasteiger partial charge on any atom is -0.480 e. The van der Waals surface area contributed by atoms with Crippen LogP contribution in [0.25, 0.3) is 0 Å². The number of amides is 2. The topological polar surface area (TPSA) is 122 Å². The maximum Gasteiger partial charge on any atom is 0.327 e. The first-order valence-corrected chi connectivity index (χ1v) is 7.46. The molecule has 0 aliphatic heterocycles. The molecule has 9 heteroatoms. The Hall–Kier alpha value is -1.48. The van der Waals surface area contributed by atoms with Crippen LogP contribution in [0.1, 0.15) is 13.3 Å². The van der Waals surface area contributed by atoms with Gasteiger partial charge >= 0.3 is 5.97 Å². The first kappa shape index (κ1) is 18.5. The number of hydrogen-bond acceptors (Lipinski definition) is 5. The van der Waals surface area contributed by atoms with Gasteiger partial charge in [-0.1, -0.05) is 0 Å². The molecule has 0 aromatic rings. The first-order chi connectivity index (χ1) is 9.36. The van der Waals surface area contributed by atoms with Crippen LogP contribution in [0.3, 0.4) is 0 Å². The fraction of sp³-hybridized carbons (Fsp3) is 0.727. The number of nitrogens with one attached hydrogen (secondary N) is 2. The molecule has 2 amide bonds. The van der Waals surface area contributed by atoms with E-state index in [0.29, 0.717) is 19.6 Å². The molecule has 116 valence electrons. The number of carbonyl (C=O) groups is 3. The van der Waals surface area contributed by atoms with E-state index < -0.39 is 34.6 Å². The lowest BCUT2D eigenvalue weighted by Crippen LogP contribution is -2.44. The SMILES string of the molecule is COCCCNC(=O)CS(=O)C[C@H](NC(C)=O)C(=O)O. The number of hydrogen-bond donors (Lipinski definition) is 3. The summed E-state index contributed by atoms with van der Waals surface area (Å²) in [6.07, 6.45) is 0.637. The van der Waals surface area contributed by atoms with Gasteiger partial charge in [0.05, 0.1) is 5.75 Å². The molecule has 0 fully saturated rings. The van der Waals surface area contributed by atoms with Crippen LogP contribution in [0, 0.1) is 0 Å². The van der Waals surface area contributed by atoms with Crippen LogP contribution >= 0.6 is 0 Å². The van der Waals surface area contributed by atoms with Gasteiger partial charge in [-0.2, -0.15) is 0 Å². The van der Waals surface area contributed by atoms with E-state index in [1.54, 1.807) is 7.11 Å². The molecule has 0 aromatic heterocycles. The number of rotatable bonds is 10. The molecule has 2 atom stereocenters. The van der Waals surface area contributed by atoms with Crippen molar-refractivity contribution in [1.29, 1.82) is 0 Å². The zero-order valence-electron chi connectivity index (χ0n) is 11.5. The van der Waals surface area contributed by atoms with Crippen LogP contribution in [0.15, 0.2) is 0 Å². The van der Waals surface area contributed by atoms with Crippen LogP contribution in [0.2, 0.25) is 0 Å². The fourth-order valence-corrected chi connectivity index (χ4v) is 2.42. The molecule has 1 unspecified atom stereocenters. The number of carboxylic acids is 1. The average molecular weight is 308 g/mol. The van der Waals surface area contributed by atoms with Gasteiger partial charge in [0.15, 0.2) is 0 Å². The van der Waals surface area contributed by atoms with E-state index in [9.17, 15) is 18.6 Å². The zero-order chi connectivity index (χ0) is 15.5. The minimum absolute atomic E-state index is 0.295. The van der Waals surface area contributed by atoms with Crippen molar-refractivity contribution in [1.82, 2.24) is 10.6 Å². The van der Waals surface area contributed by atoms with E-state index in [0.717, 1.165) is 0 Å². The van der Waals surface area contributed by atoms with Gasteiger partial charge in [0.1, 0.15) is 11.8 Å². The summed E-state index contributed by atoms with van der Waals surface area (Å²) in [5, 5.41) is 13.6. The molecular formula is C11H20N2O6S. The summed E-state index contributed by atoms with van der Waals surface area (Å²) in [6.45, 7) is 2.08. The van der Waals surface area contributed by atoms with Crippen LogP contribution in [-0.2, 0) is 29.9 Å². The largest absolute Gasteiger partial charge is 0.480 e. The van der Waals surface area contributed by atoms with Gasteiger partial charge in [0, 0.05) is 38.0 Å². The average Bonchev–Trinajstić information content (AvgIpc) is 2.33. The van der Waals surface area contributed by atoms with Crippen molar-refractivity contribution in [2.75, 3.05) is 31.8 Å². The van der Waals surface area contributed by atoms with E-state index in [1.165, 1.54) is 6.92 Å². The number of carboxylic acid groups (broad SMARTS) is 1. The summed E-state index contributed by atoms with van der Waals surface area (Å²) in [6, 6.07) is -1.25. The molecule has 0 saturated carbocycles. The molecule has 0 spiro atoms. The van der Waals surface area contributed by atoms with E-state index in [-0.39, 0.29) is 11.5 Å². The monoisotopic (exact) mass is 308 g/mol. The predicted octanol–water partition coefficient (Wildman–Crippen LogP) is -1.52. The lowest BCUT2D eigenvalue weighted by Gasteiger charge is -2.12. The Kier molecular flexibility index (Phi) is 9.56. The molecule has 3 N–H and O–H groups in total. The molecule has 0 bridgehead atoms. The summed E-state index contributed by atoms with van der Waals surface area (Å²) in [4.78, 5) is 33.0. The molecule has 0 radical (unpaired) electrons. The van der Waals surface area contributed by atoms with Crippen molar-refractivity contribution >= 4 is 28.6 Å². The standard InChI is InChI=1S/C11H20N2O6S/c1-8(14)13-9(11(16)17)6-20(18)7-10(15)12-4-3-5-19-2/h9H,3-7H2,1-2H3,(H,12,15)(H,13,14)(H,16,17)/t9-,20?/m0/s1. The summed E-state index contributed by atoms with van der Waals surface area (Å²) in [5.74, 6) is -2.84. The van der Waals surface area contributed by atoms with Gasteiger partial charge in [-0.25, -0.2) is 4.79 Å². The van der Waals surface area contributed by atoms with Crippen molar-refractivity contribution in [2.45, 2.75) is 19.4 Å². The maximum atomic E-state index is 11.6. The lowest BCUT2D eigenvalue weighted by atomic mass is 10.3. The molecule has 8 nitrogen and oxygen atoms in total. The number of carbonyl (C=O) groups excluding carboxylic acids is 2. The molecular weight excluding hydrogens is 288 g/mol. The lowest BCUT2D eigenvalue weighted by molar-refractivity contribution is -0.140. The molecule has 0 aromatic carbocycles. The third-order valence-corrected chi connectivity index (χ3v) is 3.46. The summed E-state index contributed by atoms with van der Waals surface area (Å²) >= 11 is 0. The Bertz CT molecular complexity index is 374. The number of aliphatic carboxylic acids is 1. The number of ether oxygens (including phenoxy) is 1. The van der Waals surface area contributed by atoms with E-state index in [4.69, 9.17) is 9.84 Å². The second-order valence-corrected chi connectivity index (χ2v) is 5.54. The van der Waals surface area contributed by atoms with Gasteiger partial charge in [-0.15, -0.1) is 0 Å². The smallest absolute Gasteiger partial charge is 0.327 e. The number of methoxy groups -OCH3 is 1. The van der Waals surface area contributed by atoms with Gasteiger partial charge in [-0.05, 0) is 6.42 Å². The second kappa shape index (κ2) is 10.3. The Labute approximate surface area is 119 Å². The summed E-state index contributed by atoms with van der Waals surface area (Å²) in [5.41, 5.74) is 0. The van der Waals surface area contributed by atoms with Crippen LogP contribution in [0.5, 0.6) is 0 Å². The third-order valence-electron chi connectivity index (χ3n) is 2.17. The van der Waals surface area contributed by atoms with E-state index in [1.807, 2.05) is 0 Å². The molecule has 0 aliphatic carbocycles. The first-order valence-electron chi connectivity index (χ1n) is 5.97. The Morgan fingerprint density at radius 1 is 1.35 bits per heavy atom. The predicted molar refractivity (Wildman–Crippen MR) is 72.6 cm³/mol. The van der Waals surface area contributed by atoms with Gasteiger partial charge in [-0.3, -0.25) is 13.8 Å². The highest BCUT2D eigenvalue weighted by Gasteiger charge is 2.22. The quantitative estimate of drug-likeness (QED) is 0.421. The van der Waals surface area contributed by atoms with Crippen LogP contribution in [-0.4, -0.2) is 64.9 Å². The van der Waals surface area contributed by atoms with Crippen molar-refractivity contribution in [3.8, 4) is 0 Å². The Morgan fingerprint density at radius 3 is 2.50 bits per heavy atom. The summed E-state index contributed by atoms with van der Waals surface area (Å²) in [7, 11) is -0.117. The normalized spacial score (nSPS) is 13.3. The zero-order valence-corrected chi connectivity index (χ0v) is 12.3. The van der Waals surface area contributed by atoms with Crippen molar-refractivity contribution in [2.24, 2.45) is 0 Å². The molecule has 0 aliphatic rings. The maximum absolute atomic E-state index is 11.6. The van der Waals surface area contributed by atoms with Gasteiger partial charge in [0.2, 0.25) is 11.8 Å². The Morgan fingerprint density at radius 2 is 2.00 bits per heavy atom. The molecule has 0 heterocycles. The van der Waals surface area contributed by atoms with Crippen LogP contribution in [0.4, 0.5) is 0 Å². The van der Waals surface area contributed by atoms with E-state index in [2.05, 4.69) is 10.6 Å². The van der Waals surface area contributed by atoms with Gasteiger partial charge in [0.25, 0.3) is 0 Å². The van der Waals surface area contributed by atoms with Gasteiger partial charge < -0.3 is 20.5 Å². The highest BCUT2D eigenvalue weighted by atomic mass is 32.2. The molecule has 20 heavy (non-hydrogen) atoms. The molecule has 0 rings (SSSR count). The van der Waals surface area contributed by atoms with Crippen molar-refractivity contribution in [3.63, 3.8) is 0 Å². The Balaban J connectivity index is 4.09.